The number of halogens is 1. The highest BCUT2D eigenvalue weighted by molar-refractivity contribution is 7.89. The molecular weight excluding hydrogens is 396 g/mol. The van der Waals surface area contributed by atoms with Gasteiger partial charge in [-0.2, -0.15) is 4.31 Å². The van der Waals surface area contributed by atoms with Crippen molar-refractivity contribution in [2.45, 2.75) is 43.5 Å². The first kappa shape index (κ1) is 20.8. The highest BCUT2D eigenvalue weighted by atomic mass is 35.5. The third kappa shape index (κ3) is 5.13. The summed E-state index contributed by atoms with van der Waals surface area (Å²) in [6.45, 7) is 3.10. The van der Waals surface area contributed by atoms with Crippen LogP contribution in [0.25, 0.3) is 0 Å². The molecule has 0 saturated carbocycles. The number of aryl methyl sites for hydroxylation is 1. The van der Waals surface area contributed by atoms with Crippen molar-refractivity contribution in [2.75, 3.05) is 13.1 Å². The number of nitrogens with zero attached hydrogens (tertiary/aromatic N) is 1. The van der Waals surface area contributed by atoms with Crippen LogP contribution in [0.2, 0.25) is 5.02 Å². The fourth-order valence-electron chi connectivity index (χ4n) is 3.34. The third-order valence-electron chi connectivity index (χ3n) is 4.99. The summed E-state index contributed by atoms with van der Waals surface area (Å²) < 4.78 is 26.6. The van der Waals surface area contributed by atoms with Gasteiger partial charge in [0.2, 0.25) is 15.9 Å². The van der Waals surface area contributed by atoms with Crippen LogP contribution in [-0.4, -0.2) is 31.7 Å². The van der Waals surface area contributed by atoms with Crippen LogP contribution in [-0.2, 0) is 21.2 Å². The lowest BCUT2D eigenvalue weighted by Crippen LogP contribution is -2.27. The molecule has 7 heteroatoms. The Labute approximate surface area is 171 Å². The molecule has 1 atom stereocenters. The molecule has 28 heavy (non-hydrogen) atoms. The van der Waals surface area contributed by atoms with Gasteiger partial charge in [-0.25, -0.2) is 8.42 Å². The molecule has 0 radical (unpaired) electrons. The summed E-state index contributed by atoms with van der Waals surface area (Å²) in [5, 5.41) is 3.61. The van der Waals surface area contributed by atoms with Gasteiger partial charge in [-0.3, -0.25) is 4.79 Å². The fraction of sp³-hybridized carbons (Fsp3) is 0.381. The van der Waals surface area contributed by atoms with E-state index in [1.54, 1.807) is 30.3 Å². The number of amides is 1. The lowest BCUT2D eigenvalue weighted by Gasteiger charge is -2.16. The van der Waals surface area contributed by atoms with Gasteiger partial charge in [0.15, 0.2) is 0 Å². The molecule has 1 heterocycles. The Kier molecular flexibility index (Phi) is 6.75. The summed E-state index contributed by atoms with van der Waals surface area (Å²) in [6.07, 6.45) is 2.72. The van der Waals surface area contributed by atoms with Crippen molar-refractivity contribution in [2.24, 2.45) is 0 Å². The average molecular weight is 421 g/mol. The summed E-state index contributed by atoms with van der Waals surface area (Å²) >= 11 is 5.99. The normalized spacial score (nSPS) is 16.1. The lowest BCUT2D eigenvalue weighted by atomic mass is 10.1. The molecule has 0 spiro atoms. The van der Waals surface area contributed by atoms with E-state index in [-0.39, 0.29) is 11.9 Å². The van der Waals surface area contributed by atoms with E-state index < -0.39 is 10.0 Å². The van der Waals surface area contributed by atoms with E-state index in [0.717, 1.165) is 24.0 Å². The first-order chi connectivity index (χ1) is 13.4. The van der Waals surface area contributed by atoms with Gasteiger partial charge in [-0.1, -0.05) is 35.9 Å². The number of carbonyl (C=O) groups is 1. The molecule has 2 aromatic rings. The number of benzene rings is 2. The highest BCUT2D eigenvalue weighted by Crippen LogP contribution is 2.21. The van der Waals surface area contributed by atoms with E-state index in [9.17, 15) is 13.2 Å². The average Bonchev–Trinajstić information content (AvgIpc) is 3.22. The van der Waals surface area contributed by atoms with Crippen molar-refractivity contribution in [1.29, 1.82) is 0 Å². The quantitative estimate of drug-likeness (QED) is 0.737. The Balaban J connectivity index is 1.54. The van der Waals surface area contributed by atoms with Gasteiger partial charge in [0.05, 0.1) is 10.9 Å². The summed E-state index contributed by atoms with van der Waals surface area (Å²) in [5.74, 6) is -0.0544. The maximum absolute atomic E-state index is 12.5. The maximum Gasteiger partial charge on any atom is 0.243 e. The van der Waals surface area contributed by atoms with E-state index in [1.807, 2.05) is 25.1 Å². The van der Waals surface area contributed by atoms with Crippen molar-refractivity contribution in [1.82, 2.24) is 9.62 Å². The molecule has 3 rings (SSSR count). The fourth-order valence-corrected chi connectivity index (χ4v) is 5.05. The van der Waals surface area contributed by atoms with Crippen molar-refractivity contribution in [3.8, 4) is 0 Å². The number of rotatable bonds is 7. The monoisotopic (exact) mass is 420 g/mol. The van der Waals surface area contributed by atoms with Gasteiger partial charge >= 0.3 is 0 Å². The number of hydrogen-bond donors (Lipinski definition) is 1. The first-order valence-corrected chi connectivity index (χ1v) is 11.3. The summed E-state index contributed by atoms with van der Waals surface area (Å²) in [6, 6.07) is 14.1. The minimum atomic E-state index is -3.39. The second-order valence-corrected chi connectivity index (χ2v) is 9.47. The van der Waals surface area contributed by atoms with E-state index in [1.165, 1.54) is 4.31 Å². The van der Waals surface area contributed by atoms with Crippen LogP contribution < -0.4 is 5.32 Å². The van der Waals surface area contributed by atoms with Crippen molar-refractivity contribution >= 4 is 27.5 Å². The summed E-state index contributed by atoms with van der Waals surface area (Å²) in [4.78, 5) is 12.6. The van der Waals surface area contributed by atoms with Crippen molar-refractivity contribution in [3.05, 3.63) is 64.7 Å². The van der Waals surface area contributed by atoms with Crippen LogP contribution in [0.4, 0.5) is 0 Å². The van der Waals surface area contributed by atoms with Gasteiger partial charge < -0.3 is 5.32 Å². The molecule has 2 aromatic carbocycles. The zero-order chi connectivity index (χ0) is 20.1. The molecule has 1 aliphatic heterocycles. The molecule has 1 amide bonds. The number of hydrogen-bond acceptors (Lipinski definition) is 3. The van der Waals surface area contributed by atoms with E-state index in [2.05, 4.69) is 5.32 Å². The largest absolute Gasteiger partial charge is 0.350 e. The van der Waals surface area contributed by atoms with Gasteiger partial charge in [0.1, 0.15) is 0 Å². The Morgan fingerprint density at radius 2 is 1.82 bits per heavy atom. The minimum Gasteiger partial charge on any atom is -0.350 e. The van der Waals surface area contributed by atoms with Crippen molar-refractivity contribution in [3.63, 3.8) is 0 Å². The van der Waals surface area contributed by atoms with E-state index >= 15 is 0 Å². The van der Waals surface area contributed by atoms with E-state index in [0.29, 0.717) is 35.8 Å². The number of carbonyl (C=O) groups excluding carboxylic acids is 1. The Morgan fingerprint density at radius 3 is 2.46 bits per heavy atom. The summed E-state index contributed by atoms with van der Waals surface area (Å²) in [7, 11) is -3.39. The van der Waals surface area contributed by atoms with Crippen LogP contribution in [0.3, 0.4) is 0 Å². The van der Waals surface area contributed by atoms with Crippen LogP contribution in [0, 0.1) is 0 Å². The number of sulfonamides is 1. The maximum atomic E-state index is 12.5. The second-order valence-electron chi connectivity index (χ2n) is 7.10. The highest BCUT2D eigenvalue weighted by Gasteiger charge is 2.26. The predicted octanol–water partition coefficient (Wildman–Crippen LogP) is 3.93. The van der Waals surface area contributed by atoms with E-state index in [4.69, 9.17) is 11.6 Å². The molecule has 0 unspecified atom stereocenters. The standard InChI is InChI=1S/C21H25ClN2O3S/c1-16(18-5-4-6-19(22)15-18)23-21(25)12-9-17-7-10-20(11-8-17)28(26,27)24-13-2-3-14-24/h4-8,10-11,15-16H,2-3,9,12-14H2,1H3,(H,23,25)/t16-/m0/s1. The molecule has 0 aromatic heterocycles. The van der Waals surface area contributed by atoms with Crippen LogP contribution in [0.5, 0.6) is 0 Å². The molecule has 0 aliphatic carbocycles. The van der Waals surface area contributed by atoms with Crippen molar-refractivity contribution < 1.29 is 13.2 Å². The Hall–Kier alpha value is -1.89. The minimum absolute atomic E-state index is 0.0544. The molecular formula is C21H25ClN2O3S. The zero-order valence-electron chi connectivity index (χ0n) is 15.9. The molecule has 1 aliphatic rings. The second kappa shape index (κ2) is 9.07. The molecule has 1 saturated heterocycles. The Morgan fingerprint density at radius 1 is 1.14 bits per heavy atom. The van der Waals surface area contributed by atoms with Gasteiger partial charge in [0.25, 0.3) is 0 Å². The smallest absolute Gasteiger partial charge is 0.243 e. The van der Waals surface area contributed by atoms with Crippen LogP contribution in [0.1, 0.15) is 43.4 Å². The zero-order valence-corrected chi connectivity index (χ0v) is 17.5. The van der Waals surface area contributed by atoms with Gasteiger partial charge in [0, 0.05) is 24.5 Å². The molecule has 1 fully saturated rings. The molecule has 0 bridgehead atoms. The molecule has 150 valence electrons. The first-order valence-electron chi connectivity index (χ1n) is 9.50. The Bertz CT molecular complexity index is 923. The third-order valence-corrected chi connectivity index (χ3v) is 7.14. The van der Waals surface area contributed by atoms with Gasteiger partial charge in [-0.15, -0.1) is 0 Å². The van der Waals surface area contributed by atoms with Gasteiger partial charge in [-0.05, 0) is 61.6 Å². The molecule has 1 N–H and O–H groups in total. The number of nitrogens with one attached hydrogen (secondary N) is 1. The topological polar surface area (TPSA) is 66.5 Å². The molecule has 5 nitrogen and oxygen atoms in total. The summed E-state index contributed by atoms with van der Waals surface area (Å²) in [5.41, 5.74) is 1.89. The lowest BCUT2D eigenvalue weighted by molar-refractivity contribution is -0.121. The SMILES string of the molecule is C[C@H](NC(=O)CCc1ccc(S(=O)(=O)N2CCCC2)cc1)c1cccc(Cl)c1. The predicted molar refractivity (Wildman–Crippen MR) is 111 cm³/mol. The van der Waals surface area contributed by atoms with Crippen LogP contribution in [0.15, 0.2) is 53.4 Å². The van der Waals surface area contributed by atoms with Crippen LogP contribution >= 0.6 is 11.6 Å².